The molecular formula is C15H22N2O3. The lowest BCUT2D eigenvalue weighted by Crippen LogP contribution is -2.43. The minimum atomic E-state index is -0.855. The fraction of sp³-hybridized carbons (Fsp3) is 0.467. The number of benzene rings is 1. The minimum Gasteiger partial charge on any atom is -0.481 e. The first kappa shape index (κ1) is 16.0. The molecule has 0 atom stereocenters. The van der Waals surface area contributed by atoms with E-state index in [4.69, 9.17) is 10.8 Å². The van der Waals surface area contributed by atoms with E-state index in [2.05, 4.69) is 5.32 Å². The Labute approximate surface area is 119 Å². The number of aliphatic carboxylic acids is 1. The van der Waals surface area contributed by atoms with Gasteiger partial charge in [0.1, 0.15) is 0 Å². The first-order valence-electron chi connectivity index (χ1n) is 6.66. The number of amides is 1. The van der Waals surface area contributed by atoms with Crippen molar-refractivity contribution in [2.75, 3.05) is 5.73 Å². The third kappa shape index (κ3) is 6.22. The molecule has 5 heteroatoms. The van der Waals surface area contributed by atoms with E-state index in [9.17, 15) is 9.59 Å². The predicted octanol–water partition coefficient (Wildman–Crippen LogP) is 1.96. The van der Waals surface area contributed by atoms with Gasteiger partial charge < -0.3 is 16.2 Å². The minimum absolute atomic E-state index is 0.0441. The molecule has 4 N–H and O–H groups in total. The summed E-state index contributed by atoms with van der Waals surface area (Å²) < 4.78 is 0. The van der Waals surface area contributed by atoms with Gasteiger partial charge in [-0.2, -0.15) is 0 Å². The molecule has 0 saturated carbocycles. The summed E-state index contributed by atoms with van der Waals surface area (Å²) in [6.07, 6.45) is 1.43. The zero-order valence-electron chi connectivity index (χ0n) is 12.0. The molecule has 0 aliphatic carbocycles. The van der Waals surface area contributed by atoms with Crippen molar-refractivity contribution in [1.82, 2.24) is 5.32 Å². The van der Waals surface area contributed by atoms with Crippen LogP contribution in [-0.4, -0.2) is 22.5 Å². The third-order valence-electron chi connectivity index (χ3n) is 3.03. The van der Waals surface area contributed by atoms with Crippen LogP contribution >= 0.6 is 0 Å². The molecule has 5 nitrogen and oxygen atoms in total. The maximum absolute atomic E-state index is 11.9. The molecule has 0 radical (unpaired) electrons. The maximum atomic E-state index is 11.9. The monoisotopic (exact) mass is 278 g/mol. The Balaban J connectivity index is 2.41. The zero-order chi connectivity index (χ0) is 15.2. The summed E-state index contributed by atoms with van der Waals surface area (Å²) in [6, 6.07) is 7.44. The molecule has 0 aliphatic rings. The van der Waals surface area contributed by atoms with E-state index in [1.54, 1.807) is 6.07 Å². The van der Waals surface area contributed by atoms with Crippen LogP contribution in [0.5, 0.6) is 0 Å². The number of carboxylic acid groups (broad SMARTS) is 1. The Kier molecular flexibility index (Phi) is 5.55. The maximum Gasteiger partial charge on any atom is 0.303 e. The van der Waals surface area contributed by atoms with Crippen molar-refractivity contribution >= 4 is 17.6 Å². The summed E-state index contributed by atoms with van der Waals surface area (Å²) in [5, 5.41) is 11.5. The SMILES string of the molecule is CC(C)(CCC(=O)O)NC(=O)CCc1cccc(N)c1. The van der Waals surface area contributed by atoms with Crippen molar-refractivity contribution in [3.63, 3.8) is 0 Å². The summed E-state index contributed by atoms with van der Waals surface area (Å²) in [7, 11) is 0. The molecule has 1 aromatic rings. The number of nitrogen functional groups attached to an aromatic ring is 1. The van der Waals surface area contributed by atoms with Gasteiger partial charge in [-0.25, -0.2) is 0 Å². The number of nitrogens with one attached hydrogen (secondary N) is 1. The lowest BCUT2D eigenvalue weighted by molar-refractivity contribution is -0.137. The van der Waals surface area contributed by atoms with E-state index in [-0.39, 0.29) is 12.3 Å². The van der Waals surface area contributed by atoms with Gasteiger partial charge in [-0.15, -0.1) is 0 Å². The van der Waals surface area contributed by atoms with Gasteiger partial charge in [0.25, 0.3) is 0 Å². The van der Waals surface area contributed by atoms with Gasteiger partial charge in [-0.1, -0.05) is 12.1 Å². The van der Waals surface area contributed by atoms with Crippen LogP contribution in [0.15, 0.2) is 24.3 Å². The molecule has 0 saturated heterocycles. The summed E-state index contributed by atoms with van der Waals surface area (Å²) >= 11 is 0. The van der Waals surface area contributed by atoms with E-state index in [1.807, 2.05) is 32.0 Å². The van der Waals surface area contributed by atoms with Gasteiger partial charge in [0, 0.05) is 24.1 Å². The second kappa shape index (κ2) is 6.93. The standard InChI is InChI=1S/C15H22N2O3/c1-15(2,9-8-14(19)20)17-13(18)7-6-11-4-3-5-12(16)10-11/h3-5,10H,6-9,16H2,1-2H3,(H,17,18)(H,19,20). The van der Waals surface area contributed by atoms with Gasteiger partial charge >= 0.3 is 5.97 Å². The highest BCUT2D eigenvalue weighted by Gasteiger charge is 2.21. The quantitative estimate of drug-likeness (QED) is 0.665. The number of nitrogens with two attached hydrogens (primary N) is 1. The van der Waals surface area contributed by atoms with Crippen molar-refractivity contribution in [1.29, 1.82) is 0 Å². The van der Waals surface area contributed by atoms with Crippen LogP contribution in [0.1, 0.15) is 38.7 Å². The number of rotatable bonds is 7. The number of aryl methyl sites for hydroxylation is 1. The molecule has 0 bridgehead atoms. The molecular weight excluding hydrogens is 256 g/mol. The summed E-state index contributed by atoms with van der Waals surface area (Å²) in [6.45, 7) is 3.66. The van der Waals surface area contributed by atoms with Crippen LogP contribution in [-0.2, 0) is 16.0 Å². The van der Waals surface area contributed by atoms with Crippen LogP contribution in [0.4, 0.5) is 5.69 Å². The predicted molar refractivity (Wildman–Crippen MR) is 78.3 cm³/mol. The molecule has 1 aromatic carbocycles. The van der Waals surface area contributed by atoms with Crippen molar-refractivity contribution in [2.45, 2.75) is 45.1 Å². The van der Waals surface area contributed by atoms with Crippen LogP contribution in [0.25, 0.3) is 0 Å². The van der Waals surface area contributed by atoms with E-state index in [0.29, 0.717) is 24.9 Å². The second-order valence-electron chi connectivity index (χ2n) is 5.57. The van der Waals surface area contributed by atoms with Gasteiger partial charge in [-0.3, -0.25) is 9.59 Å². The number of anilines is 1. The van der Waals surface area contributed by atoms with Crippen LogP contribution in [0.2, 0.25) is 0 Å². The van der Waals surface area contributed by atoms with E-state index >= 15 is 0 Å². The summed E-state index contributed by atoms with van der Waals surface area (Å²) in [5.74, 6) is -0.935. The van der Waals surface area contributed by atoms with Crippen LogP contribution in [0.3, 0.4) is 0 Å². The molecule has 0 fully saturated rings. The average Bonchev–Trinajstić information content (AvgIpc) is 2.34. The topological polar surface area (TPSA) is 92.4 Å². The number of carboxylic acids is 1. The van der Waals surface area contributed by atoms with Crippen LogP contribution in [0, 0.1) is 0 Å². The van der Waals surface area contributed by atoms with E-state index in [1.165, 1.54) is 0 Å². The summed E-state index contributed by atoms with van der Waals surface area (Å²) in [5.41, 5.74) is 6.87. The largest absolute Gasteiger partial charge is 0.481 e. The van der Waals surface area contributed by atoms with Crippen LogP contribution < -0.4 is 11.1 Å². The molecule has 1 amide bonds. The first-order valence-corrected chi connectivity index (χ1v) is 6.66. The number of carbonyl (C=O) groups excluding carboxylic acids is 1. The normalized spacial score (nSPS) is 11.1. The Hall–Kier alpha value is -2.04. The van der Waals surface area contributed by atoms with Crippen molar-refractivity contribution < 1.29 is 14.7 Å². The van der Waals surface area contributed by atoms with E-state index < -0.39 is 11.5 Å². The Morgan fingerprint density at radius 1 is 1.30 bits per heavy atom. The Morgan fingerprint density at radius 3 is 2.60 bits per heavy atom. The molecule has 0 heterocycles. The van der Waals surface area contributed by atoms with Gasteiger partial charge in [0.15, 0.2) is 0 Å². The highest BCUT2D eigenvalue weighted by atomic mass is 16.4. The highest BCUT2D eigenvalue weighted by molar-refractivity contribution is 5.77. The van der Waals surface area contributed by atoms with E-state index in [0.717, 1.165) is 5.56 Å². The van der Waals surface area contributed by atoms with Gasteiger partial charge in [-0.05, 0) is 44.4 Å². The fourth-order valence-electron chi connectivity index (χ4n) is 1.93. The number of carbonyl (C=O) groups is 2. The summed E-state index contributed by atoms with van der Waals surface area (Å²) in [4.78, 5) is 22.4. The molecule has 0 unspecified atom stereocenters. The number of hydrogen-bond acceptors (Lipinski definition) is 3. The fourth-order valence-corrected chi connectivity index (χ4v) is 1.93. The molecule has 110 valence electrons. The molecule has 1 rings (SSSR count). The lowest BCUT2D eigenvalue weighted by Gasteiger charge is -2.25. The van der Waals surface area contributed by atoms with Crippen molar-refractivity contribution in [2.24, 2.45) is 0 Å². The zero-order valence-corrected chi connectivity index (χ0v) is 12.0. The Bertz CT molecular complexity index is 484. The van der Waals surface area contributed by atoms with Gasteiger partial charge in [0.2, 0.25) is 5.91 Å². The highest BCUT2D eigenvalue weighted by Crippen LogP contribution is 2.13. The molecule has 0 spiro atoms. The van der Waals surface area contributed by atoms with Crippen molar-refractivity contribution in [3.05, 3.63) is 29.8 Å². The molecule has 20 heavy (non-hydrogen) atoms. The second-order valence-corrected chi connectivity index (χ2v) is 5.57. The number of hydrogen-bond donors (Lipinski definition) is 3. The smallest absolute Gasteiger partial charge is 0.303 e. The average molecular weight is 278 g/mol. The first-order chi connectivity index (χ1) is 9.28. The van der Waals surface area contributed by atoms with Gasteiger partial charge in [0.05, 0.1) is 0 Å². The molecule has 0 aliphatic heterocycles. The third-order valence-corrected chi connectivity index (χ3v) is 3.03. The Morgan fingerprint density at radius 2 is 2.00 bits per heavy atom. The lowest BCUT2D eigenvalue weighted by atomic mass is 9.98. The van der Waals surface area contributed by atoms with Crippen molar-refractivity contribution in [3.8, 4) is 0 Å². The molecule has 0 aromatic heterocycles.